The van der Waals surface area contributed by atoms with Crippen molar-refractivity contribution in [2.45, 2.75) is 30.3 Å². The highest BCUT2D eigenvalue weighted by atomic mass is 32.2. The number of carbonyl (C=O) groups excluding carboxylic acids is 1. The van der Waals surface area contributed by atoms with Crippen molar-refractivity contribution in [2.75, 3.05) is 39.2 Å². The van der Waals surface area contributed by atoms with Crippen LogP contribution in [0.3, 0.4) is 0 Å². The van der Waals surface area contributed by atoms with Crippen LogP contribution in [-0.2, 0) is 16.1 Å². The summed E-state index contributed by atoms with van der Waals surface area (Å²) in [5.74, 6) is 0.762. The quantitative estimate of drug-likeness (QED) is 0.580. The Hall–Kier alpha value is -2.09. The summed E-state index contributed by atoms with van der Waals surface area (Å²) in [4.78, 5) is 15.3. The van der Waals surface area contributed by atoms with Gasteiger partial charge in [0.2, 0.25) is 5.91 Å². The molecule has 3 rings (SSSR count). The summed E-state index contributed by atoms with van der Waals surface area (Å²) in [5.41, 5.74) is 0.991. The van der Waals surface area contributed by atoms with Crippen LogP contribution in [0.5, 0.6) is 5.75 Å². The van der Waals surface area contributed by atoms with Gasteiger partial charge in [-0.2, -0.15) is 0 Å². The van der Waals surface area contributed by atoms with Gasteiger partial charge in [0.1, 0.15) is 18.2 Å². The van der Waals surface area contributed by atoms with Crippen molar-refractivity contribution < 1.29 is 18.7 Å². The summed E-state index contributed by atoms with van der Waals surface area (Å²) in [6.07, 6.45) is 2.15. The second-order valence-corrected chi connectivity index (χ2v) is 8.39. The van der Waals surface area contributed by atoms with E-state index in [9.17, 15) is 9.18 Å². The van der Waals surface area contributed by atoms with Gasteiger partial charge in [-0.1, -0.05) is 12.1 Å². The second kappa shape index (κ2) is 11.9. The summed E-state index contributed by atoms with van der Waals surface area (Å²) < 4.78 is 24.2. The van der Waals surface area contributed by atoms with Gasteiger partial charge in [-0.05, 0) is 61.9 Å². The van der Waals surface area contributed by atoms with Crippen molar-refractivity contribution in [2.24, 2.45) is 0 Å². The summed E-state index contributed by atoms with van der Waals surface area (Å²) in [7, 11) is 2.13. The first kappa shape index (κ1) is 22.6. The van der Waals surface area contributed by atoms with Gasteiger partial charge in [-0.3, -0.25) is 9.69 Å². The lowest BCUT2D eigenvalue weighted by Crippen LogP contribution is -2.38. The summed E-state index contributed by atoms with van der Waals surface area (Å²) in [6.45, 7) is 3.62. The number of thioether (sulfide) groups is 1. The maximum absolute atomic E-state index is 12.9. The Kier molecular flexibility index (Phi) is 8.99. The van der Waals surface area contributed by atoms with Crippen LogP contribution < -0.4 is 10.1 Å². The molecule has 0 atom stereocenters. The molecule has 5 nitrogen and oxygen atoms in total. The minimum absolute atomic E-state index is 0.0614. The van der Waals surface area contributed by atoms with E-state index in [4.69, 9.17) is 9.47 Å². The molecule has 1 heterocycles. The van der Waals surface area contributed by atoms with E-state index in [-0.39, 0.29) is 11.7 Å². The summed E-state index contributed by atoms with van der Waals surface area (Å²) in [5, 5.41) is 2.92. The molecule has 1 N–H and O–H groups in total. The van der Waals surface area contributed by atoms with Gasteiger partial charge in [0.25, 0.3) is 0 Å². The third kappa shape index (κ3) is 7.63. The van der Waals surface area contributed by atoms with Crippen LogP contribution in [-0.4, -0.2) is 56.0 Å². The van der Waals surface area contributed by atoms with Crippen LogP contribution in [0.2, 0.25) is 0 Å². The molecule has 2 aromatic rings. The van der Waals surface area contributed by atoms with Crippen molar-refractivity contribution in [1.82, 2.24) is 10.2 Å². The molecule has 0 radical (unpaired) electrons. The largest absolute Gasteiger partial charge is 0.492 e. The number of hydrogen-bond acceptors (Lipinski definition) is 5. The van der Waals surface area contributed by atoms with Crippen molar-refractivity contribution in [1.29, 1.82) is 0 Å². The van der Waals surface area contributed by atoms with E-state index in [1.165, 1.54) is 23.9 Å². The Balaban J connectivity index is 1.37. The Morgan fingerprint density at radius 2 is 2.00 bits per heavy atom. The highest BCUT2D eigenvalue weighted by Crippen LogP contribution is 2.18. The molecule has 1 fully saturated rings. The molecule has 30 heavy (non-hydrogen) atoms. The van der Waals surface area contributed by atoms with Gasteiger partial charge >= 0.3 is 0 Å². The molecular weight excluding hydrogens is 403 g/mol. The van der Waals surface area contributed by atoms with E-state index < -0.39 is 0 Å². The summed E-state index contributed by atoms with van der Waals surface area (Å²) in [6, 6.07) is 14.5. The number of amides is 1. The van der Waals surface area contributed by atoms with Crippen LogP contribution >= 0.6 is 11.8 Å². The fraction of sp³-hybridized carbons (Fsp3) is 0.435. The van der Waals surface area contributed by atoms with Crippen LogP contribution in [0.25, 0.3) is 0 Å². The predicted octanol–water partition coefficient (Wildman–Crippen LogP) is 3.72. The van der Waals surface area contributed by atoms with E-state index in [0.29, 0.717) is 24.9 Å². The van der Waals surface area contributed by atoms with Gasteiger partial charge in [-0.25, -0.2) is 4.39 Å². The van der Waals surface area contributed by atoms with E-state index in [1.807, 2.05) is 24.3 Å². The SMILES string of the molecule is CN(CCOc1cccc(CNC(=O)CSc2ccc(F)cc2)c1)C1CCOCC1. The fourth-order valence-electron chi connectivity index (χ4n) is 3.29. The number of hydrogen-bond donors (Lipinski definition) is 1. The van der Waals surface area contributed by atoms with Gasteiger partial charge in [0.15, 0.2) is 0 Å². The third-order valence-electron chi connectivity index (χ3n) is 5.10. The molecule has 0 spiro atoms. The number of likely N-dealkylation sites (N-methyl/N-ethyl adjacent to an activating group) is 1. The zero-order chi connectivity index (χ0) is 21.2. The number of benzene rings is 2. The smallest absolute Gasteiger partial charge is 0.230 e. The van der Waals surface area contributed by atoms with Crippen molar-refractivity contribution >= 4 is 17.7 Å². The second-order valence-electron chi connectivity index (χ2n) is 7.34. The Bertz CT molecular complexity index is 797. The molecule has 0 saturated carbocycles. The molecule has 0 bridgehead atoms. The molecule has 1 saturated heterocycles. The fourth-order valence-corrected chi connectivity index (χ4v) is 4.02. The van der Waals surface area contributed by atoms with E-state index in [1.54, 1.807) is 12.1 Å². The zero-order valence-corrected chi connectivity index (χ0v) is 18.1. The van der Waals surface area contributed by atoms with Crippen LogP contribution in [0.15, 0.2) is 53.4 Å². The van der Waals surface area contributed by atoms with Gasteiger partial charge in [0, 0.05) is 37.2 Å². The molecule has 162 valence electrons. The number of halogens is 1. The van der Waals surface area contributed by atoms with Crippen molar-refractivity contribution in [3.05, 3.63) is 59.9 Å². The lowest BCUT2D eigenvalue weighted by molar-refractivity contribution is -0.118. The van der Waals surface area contributed by atoms with Crippen LogP contribution in [0.1, 0.15) is 18.4 Å². The first-order chi connectivity index (χ1) is 14.6. The van der Waals surface area contributed by atoms with Crippen molar-refractivity contribution in [3.8, 4) is 5.75 Å². The first-order valence-corrected chi connectivity index (χ1v) is 11.2. The average molecular weight is 433 g/mol. The maximum Gasteiger partial charge on any atom is 0.230 e. The topological polar surface area (TPSA) is 50.8 Å². The van der Waals surface area contributed by atoms with E-state index >= 15 is 0 Å². The number of nitrogens with one attached hydrogen (secondary N) is 1. The average Bonchev–Trinajstić information content (AvgIpc) is 2.78. The molecule has 0 aromatic heterocycles. The first-order valence-electron chi connectivity index (χ1n) is 10.2. The van der Waals surface area contributed by atoms with Gasteiger partial charge in [-0.15, -0.1) is 11.8 Å². The highest BCUT2D eigenvalue weighted by Gasteiger charge is 2.18. The van der Waals surface area contributed by atoms with Crippen LogP contribution in [0.4, 0.5) is 4.39 Å². The van der Waals surface area contributed by atoms with E-state index in [0.717, 1.165) is 48.8 Å². The molecule has 2 aromatic carbocycles. The molecule has 1 amide bonds. The van der Waals surface area contributed by atoms with Gasteiger partial charge < -0.3 is 14.8 Å². The minimum atomic E-state index is -0.277. The predicted molar refractivity (Wildman–Crippen MR) is 117 cm³/mol. The third-order valence-corrected chi connectivity index (χ3v) is 6.11. The minimum Gasteiger partial charge on any atom is -0.492 e. The lowest BCUT2D eigenvalue weighted by atomic mass is 10.1. The Morgan fingerprint density at radius 3 is 2.77 bits per heavy atom. The molecule has 0 unspecified atom stereocenters. The van der Waals surface area contributed by atoms with E-state index in [2.05, 4.69) is 17.3 Å². The maximum atomic E-state index is 12.9. The molecule has 1 aliphatic heterocycles. The molecule has 1 aliphatic rings. The highest BCUT2D eigenvalue weighted by molar-refractivity contribution is 8.00. The van der Waals surface area contributed by atoms with Gasteiger partial charge in [0.05, 0.1) is 5.75 Å². The number of carbonyl (C=O) groups is 1. The standard InChI is InChI=1S/C23H29FN2O3S/c1-26(20-9-12-28-13-10-20)11-14-29-21-4-2-3-18(15-21)16-25-23(27)17-30-22-7-5-19(24)6-8-22/h2-8,15,20H,9-14,16-17H2,1H3,(H,25,27). The zero-order valence-electron chi connectivity index (χ0n) is 17.3. The number of ether oxygens (including phenoxy) is 2. The Morgan fingerprint density at radius 1 is 1.23 bits per heavy atom. The monoisotopic (exact) mass is 432 g/mol. The van der Waals surface area contributed by atoms with Crippen molar-refractivity contribution in [3.63, 3.8) is 0 Å². The lowest BCUT2D eigenvalue weighted by Gasteiger charge is -2.31. The molecular formula is C23H29FN2O3S. The Labute approximate surface area is 181 Å². The number of nitrogens with zero attached hydrogens (tertiary/aromatic N) is 1. The van der Waals surface area contributed by atoms with Crippen LogP contribution in [0, 0.1) is 5.82 Å². The number of rotatable bonds is 10. The normalized spacial score (nSPS) is 14.6. The molecule has 7 heteroatoms. The molecule has 0 aliphatic carbocycles. The summed E-state index contributed by atoms with van der Waals surface area (Å²) >= 11 is 1.39.